The molecule has 0 aromatic heterocycles. The van der Waals surface area contributed by atoms with Crippen LogP contribution in [0.2, 0.25) is 0 Å². The number of rotatable bonds is 6. The Kier molecular flexibility index (Phi) is 7.96. The van der Waals surface area contributed by atoms with Crippen LogP contribution in [0.5, 0.6) is 0 Å². The number of aliphatic hydroxyl groups excluding tert-OH is 1. The van der Waals surface area contributed by atoms with E-state index >= 15 is 0 Å². The monoisotopic (exact) mass is 305 g/mol. The number of hydrogen-bond acceptors (Lipinski definition) is 3. The lowest BCUT2D eigenvalue weighted by molar-refractivity contribution is 0.0939. The normalized spacial score (nSPS) is 11.4. The highest BCUT2D eigenvalue weighted by Gasteiger charge is 2.14. The number of hydrogen-bond donors (Lipinski definition) is 2. The van der Waals surface area contributed by atoms with Crippen molar-refractivity contribution < 1.29 is 9.90 Å². The van der Waals surface area contributed by atoms with Gasteiger partial charge in [-0.05, 0) is 31.7 Å². The predicted octanol–water partition coefficient (Wildman–Crippen LogP) is 2.60. The van der Waals surface area contributed by atoms with Crippen LogP contribution in [0.4, 0.5) is 0 Å². The molecule has 1 aromatic carbocycles. The molecule has 0 heterocycles. The van der Waals surface area contributed by atoms with E-state index in [0.717, 1.165) is 17.7 Å². The maximum absolute atomic E-state index is 12.5. The highest BCUT2D eigenvalue weighted by Crippen LogP contribution is 2.12. The summed E-state index contributed by atoms with van der Waals surface area (Å²) in [4.78, 5) is 12.5. The number of thioether (sulfide) groups is 1. The number of nitrogens with one attached hydrogen (secondary N) is 1. The Morgan fingerprint density at radius 3 is 2.86 bits per heavy atom. The summed E-state index contributed by atoms with van der Waals surface area (Å²) in [6, 6.07) is 5.85. The summed E-state index contributed by atoms with van der Waals surface area (Å²) in [6.45, 7) is 4.06. The summed E-state index contributed by atoms with van der Waals surface area (Å²) < 4.78 is 0. The molecule has 114 valence electrons. The minimum Gasteiger partial charge on any atom is -0.395 e. The molecule has 0 spiro atoms. The highest BCUT2D eigenvalue weighted by atomic mass is 32.2. The summed E-state index contributed by atoms with van der Waals surface area (Å²) in [7, 11) is 0. The molecule has 2 N–H and O–H groups in total. The topological polar surface area (TPSA) is 49.3 Å². The Morgan fingerprint density at radius 1 is 1.48 bits per heavy atom. The molecule has 1 atom stereocenters. The number of carbonyl (C=O) groups excluding carboxylic acids is 1. The van der Waals surface area contributed by atoms with Gasteiger partial charge in [0.1, 0.15) is 0 Å². The third-order valence-corrected chi connectivity index (χ3v) is 3.81. The second kappa shape index (κ2) is 9.49. The first kappa shape index (κ1) is 17.6. The zero-order valence-corrected chi connectivity index (χ0v) is 13.7. The van der Waals surface area contributed by atoms with Crippen molar-refractivity contribution in [2.45, 2.75) is 32.7 Å². The average molecular weight is 305 g/mol. The van der Waals surface area contributed by atoms with Gasteiger partial charge >= 0.3 is 0 Å². The van der Waals surface area contributed by atoms with Crippen LogP contribution >= 0.6 is 11.8 Å². The first-order valence-electron chi connectivity index (χ1n) is 7.12. The van der Waals surface area contributed by atoms with E-state index in [0.29, 0.717) is 17.5 Å². The summed E-state index contributed by atoms with van der Waals surface area (Å²) in [5.41, 5.74) is 2.36. The lowest BCUT2D eigenvalue weighted by Gasteiger charge is -2.16. The van der Waals surface area contributed by atoms with E-state index in [9.17, 15) is 4.79 Å². The zero-order valence-electron chi connectivity index (χ0n) is 12.9. The van der Waals surface area contributed by atoms with Gasteiger partial charge in [0.15, 0.2) is 0 Å². The van der Waals surface area contributed by atoms with Crippen molar-refractivity contribution in [3.63, 3.8) is 0 Å². The van der Waals surface area contributed by atoms with E-state index in [1.165, 1.54) is 0 Å². The fourth-order valence-corrected chi connectivity index (χ4v) is 2.62. The summed E-state index contributed by atoms with van der Waals surface area (Å²) in [6.07, 6.45) is 3.36. The Hall–Kier alpha value is -1.44. The Labute approximate surface area is 131 Å². The molecule has 0 aliphatic carbocycles. The molecule has 0 aliphatic rings. The molecule has 0 bridgehead atoms. The number of amides is 1. The molecule has 1 aromatic rings. The molecule has 0 fully saturated rings. The molecule has 4 heteroatoms. The van der Waals surface area contributed by atoms with Gasteiger partial charge in [-0.1, -0.05) is 30.4 Å². The van der Waals surface area contributed by atoms with Crippen molar-refractivity contribution in [1.82, 2.24) is 5.32 Å². The van der Waals surface area contributed by atoms with Gasteiger partial charge in [-0.2, -0.15) is 11.8 Å². The maximum atomic E-state index is 12.5. The Balaban J connectivity index is 2.96. The molecule has 1 amide bonds. The second-order valence-corrected chi connectivity index (χ2v) is 5.77. The van der Waals surface area contributed by atoms with E-state index < -0.39 is 0 Å². The van der Waals surface area contributed by atoms with Gasteiger partial charge in [0, 0.05) is 23.8 Å². The predicted molar refractivity (Wildman–Crippen MR) is 89.7 cm³/mol. The van der Waals surface area contributed by atoms with E-state index in [1.807, 2.05) is 31.4 Å². The van der Waals surface area contributed by atoms with Gasteiger partial charge in [-0.3, -0.25) is 4.79 Å². The Bertz CT molecular complexity index is 531. The maximum Gasteiger partial charge on any atom is 0.252 e. The van der Waals surface area contributed by atoms with Crippen molar-refractivity contribution >= 4 is 17.7 Å². The number of carbonyl (C=O) groups is 1. The van der Waals surface area contributed by atoms with Crippen LogP contribution in [-0.4, -0.2) is 35.7 Å². The van der Waals surface area contributed by atoms with E-state index in [2.05, 4.69) is 24.1 Å². The van der Waals surface area contributed by atoms with Crippen molar-refractivity contribution in [2.75, 3.05) is 18.6 Å². The number of aryl methyl sites for hydroxylation is 1. The van der Waals surface area contributed by atoms with Crippen LogP contribution in [0.25, 0.3) is 0 Å². The molecule has 0 saturated heterocycles. The minimum absolute atomic E-state index is 0.0338. The summed E-state index contributed by atoms with van der Waals surface area (Å²) >= 11 is 1.73. The minimum atomic E-state index is -0.0760. The van der Waals surface area contributed by atoms with Crippen molar-refractivity contribution in [1.29, 1.82) is 0 Å². The van der Waals surface area contributed by atoms with Crippen LogP contribution in [-0.2, 0) is 0 Å². The summed E-state index contributed by atoms with van der Waals surface area (Å²) in [5.74, 6) is 6.67. The zero-order chi connectivity index (χ0) is 15.7. The first-order valence-corrected chi connectivity index (χ1v) is 8.51. The van der Waals surface area contributed by atoms with Crippen molar-refractivity contribution in [3.8, 4) is 11.8 Å². The standard InChI is InChI=1S/C17H23NO2S/c1-4-15(12-21-3)18-17(20)16-11-13(2)8-9-14(16)7-5-6-10-19/h8-9,11,15,19H,4,6,10,12H2,1-3H3,(H,18,20). The molecule has 1 rings (SSSR count). The molecule has 0 saturated carbocycles. The lowest BCUT2D eigenvalue weighted by atomic mass is 10.0. The van der Waals surface area contributed by atoms with Crippen LogP contribution in [0.15, 0.2) is 18.2 Å². The third-order valence-electron chi connectivity index (χ3n) is 3.08. The third kappa shape index (κ3) is 5.82. The summed E-state index contributed by atoms with van der Waals surface area (Å²) in [5, 5.41) is 11.9. The van der Waals surface area contributed by atoms with Crippen LogP contribution in [0.1, 0.15) is 41.3 Å². The molecule has 1 unspecified atom stereocenters. The molecular formula is C17H23NO2S. The van der Waals surface area contributed by atoms with Crippen LogP contribution in [0, 0.1) is 18.8 Å². The largest absolute Gasteiger partial charge is 0.395 e. The second-order valence-electron chi connectivity index (χ2n) is 4.86. The van der Waals surface area contributed by atoms with Gasteiger partial charge < -0.3 is 10.4 Å². The number of benzene rings is 1. The van der Waals surface area contributed by atoms with Crippen LogP contribution in [0.3, 0.4) is 0 Å². The lowest BCUT2D eigenvalue weighted by Crippen LogP contribution is -2.36. The first-order chi connectivity index (χ1) is 10.1. The quantitative estimate of drug-likeness (QED) is 0.794. The fraction of sp³-hybridized carbons (Fsp3) is 0.471. The van der Waals surface area contributed by atoms with Gasteiger partial charge in [0.2, 0.25) is 0 Å². The smallest absolute Gasteiger partial charge is 0.252 e. The number of aliphatic hydroxyl groups is 1. The molecule has 0 aliphatic heterocycles. The molecule has 3 nitrogen and oxygen atoms in total. The molecule has 21 heavy (non-hydrogen) atoms. The molecule has 0 radical (unpaired) electrons. The molecular weight excluding hydrogens is 282 g/mol. The van der Waals surface area contributed by atoms with Gasteiger partial charge in [-0.25, -0.2) is 0 Å². The van der Waals surface area contributed by atoms with Gasteiger partial charge in [0.25, 0.3) is 5.91 Å². The van der Waals surface area contributed by atoms with Gasteiger partial charge in [-0.15, -0.1) is 0 Å². The SMILES string of the molecule is CCC(CSC)NC(=O)c1cc(C)ccc1C#CCCO. The highest BCUT2D eigenvalue weighted by molar-refractivity contribution is 7.98. The van der Waals surface area contributed by atoms with E-state index in [-0.39, 0.29) is 18.6 Å². The van der Waals surface area contributed by atoms with E-state index in [1.54, 1.807) is 11.8 Å². The van der Waals surface area contributed by atoms with Gasteiger partial charge in [0.05, 0.1) is 12.2 Å². The van der Waals surface area contributed by atoms with Crippen molar-refractivity contribution in [2.24, 2.45) is 0 Å². The van der Waals surface area contributed by atoms with Crippen LogP contribution < -0.4 is 5.32 Å². The fourth-order valence-electron chi connectivity index (χ4n) is 1.89. The van der Waals surface area contributed by atoms with Crippen molar-refractivity contribution in [3.05, 3.63) is 34.9 Å². The Morgan fingerprint density at radius 2 is 2.24 bits per heavy atom. The van der Waals surface area contributed by atoms with E-state index in [4.69, 9.17) is 5.11 Å². The average Bonchev–Trinajstić information content (AvgIpc) is 2.48.